The van der Waals surface area contributed by atoms with Gasteiger partial charge in [-0.25, -0.2) is 13.8 Å². The highest BCUT2D eigenvalue weighted by Gasteiger charge is 2.33. The molecule has 2 aromatic carbocycles. The minimum atomic E-state index is -0.664. The number of pyridine rings is 1. The summed E-state index contributed by atoms with van der Waals surface area (Å²) in [6, 6.07) is 11.5. The number of phenols is 1. The fraction of sp³-hybridized carbons (Fsp3) is 0.286. The Hall–Kier alpha value is -3.07. The molecule has 0 bridgehead atoms. The Kier molecular flexibility index (Phi) is 7.42. The molecule has 2 aromatic heterocycles. The van der Waals surface area contributed by atoms with Crippen LogP contribution >= 0.6 is 22.9 Å². The molecule has 0 aliphatic heterocycles. The second kappa shape index (κ2) is 10.7. The zero-order valence-corrected chi connectivity index (χ0v) is 21.8. The predicted molar refractivity (Wildman–Crippen MR) is 142 cm³/mol. The fourth-order valence-electron chi connectivity index (χ4n) is 5.06. The largest absolute Gasteiger partial charge is 0.508 e. The maximum absolute atomic E-state index is 14.5. The van der Waals surface area contributed by atoms with E-state index in [9.17, 15) is 18.7 Å². The van der Waals surface area contributed by atoms with Crippen molar-refractivity contribution in [1.82, 2.24) is 10.2 Å². The molecule has 1 fully saturated rings. The van der Waals surface area contributed by atoms with Crippen LogP contribution in [0.3, 0.4) is 0 Å². The van der Waals surface area contributed by atoms with Crippen molar-refractivity contribution in [3.8, 4) is 16.9 Å². The number of benzene rings is 2. The SMILES string of the molecule is CNC1CCC(N(Cc2cc(-c3cc[nH+]cc3)ccc2O)C(=O)c2sc3c(F)ccc(F)c3c2Cl)CC1. The summed E-state index contributed by atoms with van der Waals surface area (Å²) in [4.78, 5) is 18.8. The summed E-state index contributed by atoms with van der Waals surface area (Å²) in [5, 5.41) is 13.9. The Morgan fingerprint density at radius 3 is 2.46 bits per heavy atom. The van der Waals surface area contributed by atoms with Gasteiger partial charge in [-0.2, -0.15) is 0 Å². The molecule has 5 rings (SSSR count). The number of hydrogen-bond acceptors (Lipinski definition) is 4. The molecule has 1 aliphatic rings. The summed E-state index contributed by atoms with van der Waals surface area (Å²) < 4.78 is 29.0. The third kappa shape index (κ3) is 5.06. The molecule has 1 amide bonds. The average Bonchev–Trinajstić information content (AvgIpc) is 3.29. The van der Waals surface area contributed by atoms with Gasteiger partial charge in [-0.05, 0) is 68.1 Å². The summed E-state index contributed by atoms with van der Waals surface area (Å²) in [5.41, 5.74) is 2.45. The standard InChI is InChI=1S/C28H26ClF2N3O2S/c1-32-19-3-5-20(6-4-19)34(15-18-14-17(2-9-23(18)35)16-10-12-33-13-11-16)28(36)27-25(29)24-21(30)7-8-22(31)26(24)37-27/h2,7-14,19-20,32,35H,3-6,15H2,1H3/p+1. The Labute approximate surface area is 222 Å². The van der Waals surface area contributed by atoms with Gasteiger partial charge >= 0.3 is 0 Å². The van der Waals surface area contributed by atoms with E-state index in [0.717, 1.165) is 60.3 Å². The number of nitrogens with one attached hydrogen (secondary N) is 2. The zero-order chi connectivity index (χ0) is 26.1. The molecular formula is C28H27ClF2N3O2S+. The van der Waals surface area contributed by atoms with Gasteiger partial charge in [0, 0.05) is 36.3 Å². The molecular weight excluding hydrogens is 516 g/mol. The lowest BCUT2D eigenvalue weighted by Gasteiger charge is -2.37. The van der Waals surface area contributed by atoms with E-state index in [1.165, 1.54) is 0 Å². The van der Waals surface area contributed by atoms with Gasteiger partial charge < -0.3 is 15.3 Å². The molecule has 3 N–H and O–H groups in total. The molecule has 0 unspecified atom stereocenters. The highest BCUT2D eigenvalue weighted by Crippen LogP contribution is 2.40. The Morgan fingerprint density at radius 2 is 1.78 bits per heavy atom. The topological polar surface area (TPSA) is 66.7 Å². The number of halogens is 3. The average molecular weight is 543 g/mol. The number of hydrogen-bond donors (Lipinski definition) is 2. The molecule has 192 valence electrons. The number of aromatic hydroxyl groups is 1. The quantitative estimate of drug-likeness (QED) is 0.305. The smallest absolute Gasteiger partial charge is 0.266 e. The van der Waals surface area contributed by atoms with Crippen molar-refractivity contribution >= 4 is 38.9 Å². The van der Waals surface area contributed by atoms with Crippen molar-refractivity contribution in [2.24, 2.45) is 0 Å². The second-order valence-electron chi connectivity index (χ2n) is 9.34. The van der Waals surface area contributed by atoms with Gasteiger partial charge in [-0.1, -0.05) is 17.7 Å². The fourth-order valence-corrected chi connectivity index (χ4v) is 6.57. The first-order valence-electron chi connectivity index (χ1n) is 12.2. The van der Waals surface area contributed by atoms with Crippen LogP contribution in [0.1, 0.15) is 40.9 Å². The predicted octanol–water partition coefficient (Wildman–Crippen LogP) is 6.19. The molecule has 9 heteroatoms. The van der Waals surface area contributed by atoms with Gasteiger partial charge in [0.05, 0.1) is 15.1 Å². The number of carbonyl (C=O) groups excluding carboxylic acids is 1. The van der Waals surface area contributed by atoms with Gasteiger partial charge in [0.2, 0.25) is 0 Å². The van der Waals surface area contributed by atoms with Crippen LogP contribution in [0.5, 0.6) is 5.75 Å². The zero-order valence-electron chi connectivity index (χ0n) is 20.2. The summed E-state index contributed by atoms with van der Waals surface area (Å²) in [7, 11) is 1.93. The van der Waals surface area contributed by atoms with E-state index < -0.39 is 17.5 Å². The van der Waals surface area contributed by atoms with E-state index in [1.807, 2.05) is 43.7 Å². The summed E-state index contributed by atoms with van der Waals surface area (Å²) in [6.07, 6.45) is 6.94. The van der Waals surface area contributed by atoms with E-state index in [2.05, 4.69) is 10.3 Å². The molecule has 0 spiro atoms. The van der Waals surface area contributed by atoms with E-state index >= 15 is 0 Å². The molecule has 4 aromatic rings. The number of nitrogens with zero attached hydrogens (tertiary/aromatic N) is 1. The molecule has 0 atom stereocenters. The van der Waals surface area contributed by atoms with E-state index in [4.69, 9.17) is 11.6 Å². The first kappa shape index (κ1) is 25.6. The van der Waals surface area contributed by atoms with E-state index in [1.54, 1.807) is 11.0 Å². The van der Waals surface area contributed by atoms with Gasteiger partial charge in [0.25, 0.3) is 5.91 Å². The third-order valence-electron chi connectivity index (χ3n) is 7.15. The Balaban J connectivity index is 1.54. The number of aromatic nitrogens is 1. The number of rotatable bonds is 6. The van der Waals surface area contributed by atoms with E-state index in [-0.39, 0.29) is 38.3 Å². The van der Waals surface area contributed by atoms with Crippen LogP contribution in [-0.4, -0.2) is 35.0 Å². The number of thiophene rings is 1. The number of phenolic OH excluding ortho intramolecular Hbond substituents is 1. The minimum absolute atomic E-state index is 0.0259. The van der Waals surface area contributed by atoms with Gasteiger partial charge in [0.1, 0.15) is 22.3 Å². The summed E-state index contributed by atoms with van der Waals surface area (Å²) in [5.74, 6) is -1.60. The first-order valence-corrected chi connectivity index (χ1v) is 13.4. The van der Waals surface area contributed by atoms with Crippen LogP contribution in [0.2, 0.25) is 5.02 Å². The maximum atomic E-state index is 14.5. The van der Waals surface area contributed by atoms with Crippen LogP contribution in [0, 0.1) is 11.6 Å². The van der Waals surface area contributed by atoms with Crippen LogP contribution in [-0.2, 0) is 6.54 Å². The first-order chi connectivity index (χ1) is 17.9. The molecule has 0 saturated heterocycles. The van der Waals surface area contributed by atoms with Crippen molar-refractivity contribution in [3.05, 3.63) is 82.0 Å². The molecule has 5 nitrogen and oxygen atoms in total. The summed E-state index contributed by atoms with van der Waals surface area (Å²) in [6.45, 7) is 0.141. The minimum Gasteiger partial charge on any atom is -0.508 e. The lowest BCUT2D eigenvalue weighted by Crippen LogP contribution is -2.44. The molecule has 2 heterocycles. The number of fused-ring (bicyclic) bond motifs is 1. The number of amides is 1. The molecule has 0 radical (unpaired) electrons. The number of aromatic amines is 1. The van der Waals surface area contributed by atoms with Crippen molar-refractivity contribution in [3.63, 3.8) is 0 Å². The lowest BCUT2D eigenvalue weighted by molar-refractivity contribution is -0.377. The van der Waals surface area contributed by atoms with Crippen molar-refractivity contribution < 1.29 is 23.7 Å². The molecule has 1 aliphatic carbocycles. The van der Waals surface area contributed by atoms with Crippen LogP contribution in [0.4, 0.5) is 8.78 Å². The van der Waals surface area contributed by atoms with Crippen molar-refractivity contribution in [2.75, 3.05) is 7.05 Å². The van der Waals surface area contributed by atoms with Crippen LogP contribution in [0.25, 0.3) is 21.2 Å². The van der Waals surface area contributed by atoms with Gasteiger partial charge in [0.15, 0.2) is 12.4 Å². The lowest BCUT2D eigenvalue weighted by atomic mass is 9.89. The highest BCUT2D eigenvalue weighted by atomic mass is 35.5. The number of carbonyl (C=O) groups is 1. The molecule has 1 saturated carbocycles. The normalized spacial score (nSPS) is 17.7. The van der Waals surface area contributed by atoms with Gasteiger partial charge in [-0.15, -0.1) is 11.3 Å². The van der Waals surface area contributed by atoms with Crippen LogP contribution in [0.15, 0.2) is 54.9 Å². The van der Waals surface area contributed by atoms with Crippen molar-refractivity contribution in [2.45, 2.75) is 44.3 Å². The highest BCUT2D eigenvalue weighted by molar-refractivity contribution is 7.21. The Morgan fingerprint density at radius 1 is 1.08 bits per heavy atom. The number of H-pyrrole nitrogens is 1. The monoisotopic (exact) mass is 542 g/mol. The summed E-state index contributed by atoms with van der Waals surface area (Å²) >= 11 is 7.36. The third-order valence-corrected chi connectivity index (χ3v) is 8.83. The second-order valence-corrected chi connectivity index (χ2v) is 10.7. The van der Waals surface area contributed by atoms with Crippen molar-refractivity contribution in [1.29, 1.82) is 0 Å². The van der Waals surface area contributed by atoms with Crippen LogP contribution < -0.4 is 10.3 Å². The van der Waals surface area contributed by atoms with E-state index in [0.29, 0.717) is 11.6 Å². The Bertz CT molecular complexity index is 1440. The van der Waals surface area contributed by atoms with Gasteiger partial charge in [-0.3, -0.25) is 4.79 Å². The molecule has 37 heavy (non-hydrogen) atoms. The maximum Gasteiger partial charge on any atom is 0.266 e.